The molecule has 0 heterocycles. The van der Waals surface area contributed by atoms with Crippen LogP contribution in [0.5, 0.6) is 0 Å². The molecular weight excluding hydrogens is 196 g/mol. The second-order valence-electron chi connectivity index (χ2n) is 5.72. The molecule has 0 aliphatic heterocycles. The highest BCUT2D eigenvalue weighted by Crippen LogP contribution is 2.25. The van der Waals surface area contributed by atoms with Crippen LogP contribution in [0.2, 0.25) is 0 Å². The van der Waals surface area contributed by atoms with Crippen LogP contribution in [0, 0.1) is 11.8 Å². The highest BCUT2D eigenvalue weighted by atomic mass is 15.1. The molecular formula is C14H30N2. The Bertz CT molecular complexity index is 176. The van der Waals surface area contributed by atoms with Gasteiger partial charge >= 0.3 is 0 Å². The topological polar surface area (TPSA) is 15.3 Å². The fraction of sp³-hybridized carbons (Fsp3) is 1.00. The van der Waals surface area contributed by atoms with E-state index in [0.29, 0.717) is 6.04 Å². The van der Waals surface area contributed by atoms with Crippen LogP contribution in [0.25, 0.3) is 0 Å². The molecule has 2 atom stereocenters. The van der Waals surface area contributed by atoms with Crippen molar-refractivity contribution in [3.05, 3.63) is 0 Å². The zero-order valence-corrected chi connectivity index (χ0v) is 11.6. The van der Waals surface area contributed by atoms with Crippen LogP contribution >= 0.6 is 0 Å². The van der Waals surface area contributed by atoms with E-state index < -0.39 is 0 Å². The van der Waals surface area contributed by atoms with E-state index in [1.807, 2.05) is 7.05 Å². The largest absolute Gasteiger partial charge is 0.319 e. The molecule has 1 aliphatic rings. The zero-order valence-electron chi connectivity index (χ0n) is 11.6. The van der Waals surface area contributed by atoms with Crippen molar-refractivity contribution in [1.29, 1.82) is 0 Å². The van der Waals surface area contributed by atoms with Gasteiger partial charge in [0.2, 0.25) is 0 Å². The van der Waals surface area contributed by atoms with Crippen molar-refractivity contribution < 1.29 is 0 Å². The summed E-state index contributed by atoms with van der Waals surface area (Å²) < 4.78 is 0. The van der Waals surface area contributed by atoms with Gasteiger partial charge in [0.25, 0.3) is 0 Å². The first-order valence-corrected chi connectivity index (χ1v) is 7.00. The molecule has 0 amide bonds. The smallest absolute Gasteiger partial charge is 0.0102 e. The maximum absolute atomic E-state index is 3.28. The molecule has 0 aromatic rings. The predicted molar refractivity (Wildman–Crippen MR) is 71.8 cm³/mol. The third-order valence-corrected chi connectivity index (χ3v) is 4.32. The normalized spacial score (nSPS) is 22.3. The first-order valence-electron chi connectivity index (χ1n) is 7.00. The fourth-order valence-electron chi connectivity index (χ4n) is 2.87. The third kappa shape index (κ3) is 4.42. The van der Waals surface area contributed by atoms with Crippen molar-refractivity contribution in [2.75, 3.05) is 27.2 Å². The van der Waals surface area contributed by atoms with E-state index in [0.717, 1.165) is 18.4 Å². The SMILES string of the molecule is CNCC(C)C(C)N(C)CC1CCCCC1. The van der Waals surface area contributed by atoms with E-state index in [1.54, 1.807) is 0 Å². The standard InChI is InChI=1S/C14H30N2/c1-12(10-15-3)13(2)16(4)11-14-8-6-5-7-9-14/h12-15H,5-11H2,1-4H3. The lowest BCUT2D eigenvalue weighted by Gasteiger charge is -2.34. The van der Waals surface area contributed by atoms with Crippen molar-refractivity contribution in [3.8, 4) is 0 Å². The Kier molecular flexibility index (Phi) is 6.37. The number of hydrogen-bond donors (Lipinski definition) is 1. The summed E-state index contributed by atoms with van der Waals surface area (Å²) in [4.78, 5) is 2.57. The van der Waals surface area contributed by atoms with Crippen LogP contribution < -0.4 is 5.32 Å². The van der Waals surface area contributed by atoms with Crippen LogP contribution in [-0.2, 0) is 0 Å². The van der Waals surface area contributed by atoms with Gasteiger partial charge in [-0.2, -0.15) is 0 Å². The number of rotatable bonds is 6. The summed E-state index contributed by atoms with van der Waals surface area (Å²) in [5.74, 6) is 1.70. The van der Waals surface area contributed by atoms with Crippen molar-refractivity contribution in [1.82, 2.24) is 10.2 Å². The van der Waals surface area contributed by atoms with Gasteiger partial charge in [-0.05, 0) is 52.2 Å². The Morgan fingerprint density at radius 1 is 1.19 bits per heavy atom. The van der Waals surface area contributed by atoms with Crippen molar-refractivity contribution >= 4 is 0 Å². The van der Waals surface area contributed by atoms with Gasteiger partial charge in [-0.1, -0.05) is 26.2 Å². The monoisotopic (exact) mass is 226 g/mol. The lowest BCUT2D eigenvalue weighted by atomic mass is 9.88. The van der Waals surface area contributed by atoms with Gasteiger partial charge in [-0.15, -0.1) is 0 Å². The molecule has 0 aromatic carbocycles. The van der Waals surface area contributed by atoms with Gasteiger partial charge < -0.3 is 10.2 Å². The Morgan fingerprint density at radius 3 is 2.38 bits per heavy atom. The second-order valence-corrected chi connectivity index (χ2v) is 5.72. The molecule has 0 saturated heterocycles. The summed E-state index contributed by atoms with van der Waals surface area (Å²) in [6.07, 6.45) is 7.29. The predicted octanol–water partition coefficient (Wildman–Crippen LogP) is 2.74. The molecule has 1 N–H and O–H groups in total. The molecule has 2 unspecified atom stereocenters. The first kappa shape index (κ1) is 14.0. The van der Waals surface area contributed by atoms with Gasteiger partial charge in [0.05, 0.1) is 0 Å². The van der Waals surface area contributed by atoms with Gasteiger partial charge in [0.15, 0.2) is 0 Å². The molecule has 2 nitrogen and oxygen atoms in total. The lowest BCUT2D eigenvalue weighted by molar-refractivity contribution is 0.154. The van der Waals surface area contributed by atoms with Crippen molar-refractivity contribution in [2.45, 2.75) is 52.0 Å². The minimum absolute atomic E-state index is 0.689. The Balaban J connectivity index is 2.29. The van der Waals surface area contributed by atoms with Crippen LogP contribution in [0.1, 0.15) is 46.0 Å². The fourth-order valence-corrected chi connectivity index (χ4v) is 2.87. The molecule has 16 heavy (non-hydrogen) atoms. The summed E-state index contributed by atoms with van der Waals surface area (Å²) in [7, 11) is 4.34. The summed E-state index contributed by atoms with van der Waals surface area (Å²) in [5.41, 5.74) is 0. The summed E-state index contributed by atoms with van der Waals surface area (Å²) >= 11 is 0. The number of nitrogens with zero attached hydrogens (tertiary/aromatic N) is 1. The highest BCUT2D eigenvalue weighted by molar-refractivity contribution is 4.75. The maximum atomic E-state index is 3.28. The Morgan fingerprint density at radius 2 is 1.81 bits per heavy atom. The molecule has 1 saturated carbocycles. The molecule has 0 spiro atoms. The first-order chi connectivity index (χ1) is 7.65. The zero-order chi connectivity index (χ0) is 12.0. The van der Waals surface area contributed by atoms with Crippen LogP contribution in [0.4, 0.5) is 0 Å². The van der Waals surface area contributed by atoms with E-state index in [4.69, 9.17) is 0 Å². The molecule has 1 aliphatic carbocycles. The van der Waals surface area contributed by atoms with Gasteiger partial charge in [0.1, 0.15) is 0 Å². The average molecular weight is 226 g/mol. The Hall–Kier alpha value is -0.0800. The van der Waals surface area contributed by atoms with E-state index >= 15 is 0 Å². The van der Waals surface area contributed by atoms with Crippen molar-refractivity contribution in [3.63, 3.8) is 0 Å². The average Bonchev–Trinajstić information content (AvgIpc) is 2.29. The van der Waals surface area contributed by atoms with E-state index in [9.17, 15) is 0 Å². The highest BCUT2D eigenvalue weighted by Gasteiger charge is 2.21. The molecule has 1 fully saturated rings. The minimum atomic E-state index is 0.689. The van der Waals surface area contributed by atoms with E-state index in [1.165, 1.54) is 38.6 Å². The van der Waals surface area contributed by atoms with Crippen LogP contribution in [0.15, 0.2) is 0 Å². The summed E-state index contributed by atoms with van der Waals surface area (Å²) in [6, 6.07) is 0.689. The molecule has 96 valence electrons. The summed E-state index contributed by atoms with van der Waals surface area (Å²) in [6.45, 7) is 7.13. The van der Waals surface area contributed by atoms with Gasteiger partial charge in [0, 0.05) is 12.6 Å². The number of hydrogen-bond acceptors (Lipinski definition) is 2. The lowest BCUT2D eigenvalue weighted by Crippen LogP contribution is -2.41. The minimum Gasteiger partial charge on any atom is -0.319 e. The van der Waals surface area contributed by atoms with Crippen molar-refractivity contribution in [2.24, 2.45) is 11.8 Å². The molecule has 1 rings (SSSR count). The van der Waals surface area contributed by atoms with Gasteiger partial charge in [-0.25, -0.2) is 0 Å². The van der Waals surface area contributed by atoms with E-state index in [2.05, 4.69) is 31.1 Å². The molecule has 2 heteroatoms. The number of nitrogens with one attached hydrogen (secondary N) is 1. The van der Waals surface area contributed by atoms with Gasteiger partial charge in [-0.3, -0.25) is 0 Å². The summed E-state index contributed by atoms with van der Waals surface area (Å²) in [5, 5.41) is 3.28. The maximum Gasteiger partial charge on any atom is 0.0102 e. The van der Waals surface area contributed by atoms with E-state index in [-0.39, 0.29) is 0 Å². The molecule has 0 radical (unpaired) electrons. The molecule has 0 bridgehead atoms. The third-order valence-electron chi connectivity index (χ3n) is 4.32. The molecule has 0 aromatic heterocycles. The second kappa shape index (κ2) is 7.29. The van der Waals surface area contributed by atoms with Crippen LogP contribution in [-0.4, -0.2) is 38.1 Å². The Labute approximate surface area is 102 Å². The van der Waals surface area contributed by atoms with Crippen LogP contribution in [0.3, 0.4) is 0 Å². The quantitative estimate of drug-likeness (QED) is 0.749.